The summed E-state index contributed by atoms with van der Waals surface area (Å²) in [7, 11) is 0. The number of carbonyl (C=O) groups excluding carboxylic acids is 3. The van der Waals surface area contributed by atoms with Gasteiger partial charge in [0.2, 0.25) is 0 Å². The van der Waals surface area contributed by atoms with Crippen LogP contribution in [0.5, 0.6) is 0 Å². The molecule has 0 saturated heterocycles. The van der Waals surface area contributed by atoms with Gasteiger partial charge in [0.05, 0.1) is 0 Å². The highest BCUT2D eigenvalue weighted by atomic mass is 16.6. The van der Waals surface area contributed by atoms with Crippen LogP contribution < -0.4 is 0 Å². The van der Waals surface area contributed by atoms with E-state index in [2.05, 4.69) is 142 Å². The lowest BCUT2D eigenvalue weighted by Gasteiger charge is -2.18. The van der Waals surface area contributed by atoms with Crippen molar-refractivity contribution in [2.24, 2.45) is 0 Å². The topological polar surface area (TPSA) is 78.9 Å². The molecule has 0 heterocycles. The van der Waals surface area contributed by atoms with E-state index in [4.69, 9.17) is 14.2 Å². The third kappa shape index (κ3) is 58.6. The summed E-state index contributed by atoms with van der Waals surface area (Å²) in [4.78, 5) is 37.8. The first kappa shape index (κ1) is 68.8. The smallest absolute Gasteiger partial charge is 0.306 e. The van der Waals surface area contributed by atoms with Gasteiger partial charge in [-0.1, -0.05) is 258 Å². The molecular formula is C67H110O6. The highest BCUT2D eigenvalue weighted by Crippen LogP contribution is 2.15. The summed E-state index contributed by atoms with van der Waals surface area (Å²) in [5.74, 6) is -0.916. The van der Waals surface area contributed by atoms with Crippen LogP contribution in [0, 0.1) is 0 Å². The fourth-order valence-corrected chi connectivity index (χ4v) is 8.03. The van der Waals surface area contributed by atoms with Crippen molar-refractivity contribution in [1.29, 1.82) is 0 Å². The fourth-order valence-electron chi connectivity index (χ4n) is 8.03. The van der Waals surface area contributed by atoms with E-state index in [-0.39, 0.29) is 31.1 Å². The SMILES string of the molecule is CC/C=C\C/C=C\C/C=C\C/C=C\C/C=C\C/C=C\CCCCCCCCCCCCCCC(=O)OCC(COC(=O)CCCCCCC)OC(=O)CCCCCCCC/C=C\C/C=C\C/C=C\C/C=C\CC. The van der Waals surface area contributed by atoms with E-state index in [1.165, 1.54) is 83.5 Å². The van der Waals surface area contributed by atoms with Crippen molar-refractivity contribution in [3.05, 3.63) is 122 Å². The molecule has 0 spiro atoms. The zero-order valence-corrected chi connectivity index (χ0v) is 47.4. The highest BCUT2D eigenvalue weighted by molar-refractivity contribution is 5.71. The number of hydrogen-bond acceptors (Lipinski definition) is 6. The minimum absolute atomic E-state index is 0.0862. The van der Waals surface area contributed by atoms with E-state index in [0.29, 0.717) is 19.3 Å². The Balaban J connectivity index is 4.07. The standard InChI is InChI=1S/C67H110O6/c1-4-7-10-13-15-17-19-21-23-25-27-28-29-30-31-32-33-34-35-36-37-38-40-41-43-45-47-49-51-54-57-60-66(69)72-63-64(62-71-65(68)59-56-53-12-9-6-3)73-67(70)61-58-55-52-50-48-46-44-42-39-26-24-22-20-18-16-14-11-8-5-2/h7-8,10-11,15-18,21-24,27-28,30-31,33-34,39,42,64H,4-6,9,12-14,19-20,25-26,29,32,35-38,40-41,43-63H2,1-3H3/b10-7-,11-8-,17-15-,18-16-,23-21-,24-22-,28-27-,31-30-,34-33-,42-39-. The number of carbonyl (C=O) groups is 3. The van der Waals surface area contributed by atoms with E-state index in [9.17, 15) is 14.4 Å². The lowest BCUT2D eigenvalue weighted by molar-refractivity contribution is -0.167. The van der Waals surface area contributed by atoms with Gasteiger partial charge < -0.3 is 14.2 Å². The number of ether oxygens (including phenoxy) is 3. The largest absolute Gasteiger partial charge is 0.462 e. The minimum Gasteiger partial charge on any atom is -0.462 e. The van der Waals surface area contributed by atoms with Crippen molar-refractivity contribution in [2.45, 2.75) is 271 Å². The molecule has 0 radical (unpaired) electrons. The molecule has 0 saturated carbocycles. The Morgan fingerprint density at radius 3 is 0.836 bits per heavy atom. The fraction of sp³-hybridized carbons (Fsp3) is 0.657. The molecular weight excluding hydrogens is 901 g/mol. The van der Waals surface area contributed by atoms with Gasteiger partial charge in [-0.2, -0.15) is 0 Å². The molecule has 1 unspecified atom stereocenters. The van der Waals surface area contributed by atoms with Gasteiger partial charge in [0.25, 0.3) is 0 Å². The van der Waals surface area contributed by atoms with Crippen molar-refractivity contribution >= 4 is 17.9 Å². The molecule has 6 heteroatoms. The van der Waals surface area contributed by atoms with Crippen LogP contribution in [0.4, 0.5) is 0 Å². The average molecular weight is 1010 g/mol. The average Bonchev–Trinajstić information content (AvgIpc) is 3.39. The Morgan fingerprint density at radius 2 is 0.534 bits per heavy atom. The number of esters is 3. The molecule has 0 amide bonds. The van der Waals surface area contributed by atoms with Gasteiger partial charge in [-0.05, 0) is 109 Å². The van der Waals surface area contributed by atoms with Crippen LogP contribution in [-0.4, -0.2) is 37.2 Å². The highest BCUT2D eigenvalue weighted by Gasteiger charge is 2.19. The van der Waals surface area contributed by atoms with E-state index in [1.807, 2.05) is 0 Å². The van der Waals surface area contributed by atoms with Gasteiger partial charge in [0.1, 0.15) is 13.2 Å². The van der Waals surface area contributed by atoms with Gasteiger partial charge in [0, 0.05) is 19.3 Å². The van der Waals surface area contributed by atoms with E-state index in [0.717, 1.165) is 141 Å². The second kappa shape index (κ2) is 60.4. The summed E-state index contributed by atoms with van der Waals surface area (Å²) in [5, 5.41) is 0. The van der Waals surface area contributed by atoms with Crippen LogP contribution >= 0.6 is 0 Å². The maximum Gasteiger partial charge on any atom is 0.306 e. The quantitative estimate of drug-likeness (QED) is 0.0261. The van der Waals surface area contributed by atoms with Crippen LogP contribution in [0.15, 0.2) is 122 Å². The van der Waals surface area contributed by atoms with E-state index in [1.54, 1.807) is 0 Å². The molecule has 6 nitrogen and oxygen atoms in total. The summed E-state index contributed by atoms with van der Waals surface area (Å²) in [6, 6.07) is 0. The van der Waals surface area contributed by atoms with Crippen molar-refractivity contribution in [3.8, 4) is 0 Å². The third-order valence-electron chi connectivity index (χ3n) is 12.5. The minimum atomic E-state index is -0.785. The molecule has 414 valence electrons. The number of allylic oxidation sites excluding steroid dienone is 20. The summed E-state index contributed by atoms with van der Waals surface area (Å²) in [5.41, 5.74) is 0. The molecule has 0 aromatic rings. The molecule has 0 fully saturated rings. The Bertz CT molecular complexity index is 1540. The van der Waals surface area contributed by atoms with Gasteiger partial charge in [0.15, 0.2) is 6.10 Å². The molecule has 0 aliphatic carbocycles. The zero-order valence-electron chi connectivity index (χ0n) is 47.4. The summed E-state index contributed by atoms with van der Waals surface area (Å²) < 4.78 is 16.7. The molecule has 1 atom stereocenters. The number of unbranched alkanes of at least 4 members (excludes halogenated alkanes) is 22. The Kier molecular flexibility index (Phi) is 56.9. The predicted molar refractivity (Wildman–Crippen MR) is 316 cm³/mol. The van der Waals surface area contributed by atoms with E-state index >= 15 is 0 Å². The molecule has 0 N–H and O–H groups in total. The Hall–Kier alpha value is -4.19. The maximum atomic E-state index is 12.8. The van der Waals surface area contributed by atoms with Crippen LogP contribution in [-0.2, 0) is 28.6 Å². The molecule has 0 rings (SSSR count). The molecule has 0 aromatic carbocycles. The Morgan fingerprint density at radius 1 is 0.288 bits per heavy atom. The first-order valence-electron chi connectivity index (χ1n) is 30.0. The molecule has 73 heavy (non-hydrogen) atoms. The zero-order chi connectivity index (χ0) is 52.9. The lowest BCUT2D eigenvalue weighted by atomic mass is 10.0. The first-order valence-corrected chi connectivity index (χ1v) is 30.0. The van der Waals surface area contributed by atoms with Crippen molar-refractivity contribution in [3.63, 3.8) is 0 Å². The van der Waals surface area contributed by atoms with Crippen LogP contribution in [0.3, 0.4) is 0 Å². The van der Waals surface area contributed by atoms with Crippen molar-refractivity contribution in [2.75, 3.05) is 13.2 Å². The van der Waals surface area contributed by atoms with Gasteiger partial charge in [-0.3, -0.25) is 14.4 Å². The van der Waals surface area contributed by atoms with Gasteiger partial charge in [-0.25, -0.2) is 0 Å². The second-order valence-corrected chi connectivity index (χ2v) is 19.5. The maximum absolute atomic E-state index is 12.8. The molecule has 0 aliphatic heterocycles. The number of hydrogen-bond donors (Lipinski definition) is 0. The lowest BCUT2D eigenvalue weighted by Crippen LogP contribution is -2.30. The molecule has 0 aromatic heterocycles. The monoisotopic (exact) mass is 1010 g/mol. The summed E-state index contributed by atoms with van der Waals surface area (Å²) >= 11 is 0. The predicted octanol–water partition coefficient (Wildman–Crippen LogP) is 20.4. The van der Waals surface area contributed by atoms with Crippen LogP contribution in [0.1, 0.15) is 265 Å². The third-order valence-corrected chi connectivity index (χ3v) is 12.5. The van der Waals surface area contributed by atoms with Crippen LogP contribution in [0.2, 0.25) is 0 Å². The first-order chi connectivity index (χ1) is 36.0. The molecule has 0 aliphatic rings. The van der Waals surface area contributed by atoms with Gasteiger partial charge >= 0.3 is 17.9 Å². The number of rotatable bonds is 53. The normalized spacial score (nSPS) is 13.0. The van der Waals surface area contributed by atoms with E-state index < -0.39 is 6.10 Å². The summed E-state index contributed by atoms with van der Waals surface area (Å²) in [6.45, 7) is 6.32. The van der Waals surface area contributed by atoms with Crippen LogP contribution in [0.25, 0.3) is 0 Å². The summed E-state index contributed by atoms with van der Waals surface area (Å²) in [6.07, 6.45) is 83.9. The second-order valence-electron chi connectivity index (χ2n) is 19.5. The molecule has 0 bridgehead atoms. The van der Waals surface area contributed by atoms with Gasteiger partial charge in [-0.15, -0.1) is 0 Å². The van der Waals surface area contributed by atoms with Crippen molar-refractivity contribution < 1.29 is 28.6 Å². The Labute approximate surface area is 450 Å². The van der Waals surface area contributed by atoms with Crippen molar-refractivity contribution in [1.82, 2.24) is 0 Å².